The van der Waals surface area contributed by atoms with Gasteiger partial charge in [0.1, 0.15) is 0 Å². The molecular formula is C14H18BrNO. The van der Waals surface area contributed by atoms with E-state index in [0.717, 1.165) is 21.9 Å². The second-order valence-corrected chi connectivity index (χ2v) is 6.15. The number of aliphatic hydroxyl groups excluding tert-OH is 1. The van der Waals surface area contributed by atoms with Crippen LogP contribution in [0.4, 0.5) is 5.69 Å². The van der Waals surface area contributed by atoms with Gasteiger partial charge in [-0.3, -0.25) is 0 Å². The molecule has 1 saturated heterocycles. The first-order valence-electron chi connectivity index (χ1n) is 6.42. The molecule has 1 N–H and O–H groups in total. The number of anilines is 1. The number of hydrogen-bond donors (Lipinski definition) is 1. The SMILES string of the molecule is OCc1ccc(N2CC3CCCC3C2)c(Br)c1. The molecule has 2 aliphatic rings. The van der Waals surface area contributed by atoms with Crippen molar-refractivity contribution in [1.82, 2.24) is 0 Å². The van der Waals surface area contributed by atoms with Crippen LogP contribution in [0.3, 0.4) is 0 Å². The number of nitrogens with zero attached hydrogens (tertiary/aromatic N) is 1. The topological polar surface area (TPSA) is 23.5 Å². The third kappa shape index (κ3) is 2.11. The first-order valence-corrected chi connectivity index (χ1v) is 7.21. The summed E-state index contributed by atoms with van der Waals surface area (Å²) < 4.78 is 1.11. The molecule has 2 unspecified atom stereocenters. The van der Waals surface area contributed by atoms with Gasteiger partial charge < -0.3 is 10.0 Å². The van der Waals surface area contributed by atoms with Crippen LogP contribution < -0.4 is 4.90 Å². The normalized spacial score (nSPS) is 27.5. The number of benzene rings is 1. The van der Waals surface area contributed by atoms with Crippen molar-refractivity contribution in [3.05, 3.63) is 28.2 Å². The van der Waals surface area contributed by atoms with Gasteiger partial charge in [0.15, 0.2) is 0 Å². The molecule has 1 aromatic rings. The summed E-state index contributed by atoms with van der Waals surface area (Å²) in [5.41, 5.74) is 2.26. The summed E-state index contributed by atoms with van der Waals surface area (Å²) in [6.45, 7) is 2.54. The van der Waals surface area contributed by atoms with Crippen LogP contribution in [-0.4, -0.2) is 18.2 Å². The van der Waals surface area contributed by atoms with E-state index in [0.29, 0.717) is 0 Å². The van der Waals surface area contributed by atoms with Gasteiger partial charge in [-0.2, -0.15) is 0 Å². The van der Waals surface area contributed by atoms with Crippen molar-refractivity contribution in [1.29, 1.82) is 0 Å². The molecule has 1 aliphatic carbocycles. The Morgan fingerprint density at radius 2 is 1.94 bits per heavy atom. The van der Waals surface area contributed by atoms with Gasteiger partial charge in [0.2, 0.25) is 0 Å². The fraction of sp³-hybridized carbons (Fsp3) is 0.571. The maximum absolute atomic E-state index is 9.12. The van der Waals surface area contributed by atoms with Gasteiger partial charge in [-0.25, -0.2) is 0 Å². The number of fused-ring (bicyclic) bond motifs is 1. The van der Waals surface area contributed by atoms with Crippen LogP contribution in [0, 0.1) is 11.8 Å². The molecule has 0 radical (unpaired) electrons. The molecule has 3 heteroatoms. The van der Waals surface area contributed by atoms with Crippen molar-refractivity contribution in [2.45, 2.75) is 25.9 Å². The van der Waals surface area contributed by atoms with Crippen LogP contribution in [0.5, 0.6) is 0 Å². The van der Waals surface area contributed by atoms with Crippen LogP contribution in [-0.2, 0) is 6.61 Å². The minimum Gasteiger partial charge on any atom is -0.392 e. The molecule has 0 spiro atoms. The summed E-state index contributed by atoms with van der Waals surface area (Å²) in [6, 6.07) is 6.19. The zero-order valence-electron chi connectivity index (χ0n) is 9.90. The van der Waals surface area contributed by atoms with E-state index >= 15 is 0 Å². The zero-order chi connectivity index (χ0) is 11.8. The standard InChI is InChI=1S/C14H18BrNO/c15-13-6-10(9-17)4-5-14(13)16-7-11-2-1-3-12(11)8-16/h4-6,11-12,17H,1-3,7-9H2. The van der Waals surface area contributed by atoms with Crippen LogP contribution in [0.1, 0.15) is 24.8 Å². The van der Waals surface area contributed by atoms with Gasteiger partial charge in [0.25, 0.3) is 0 Å². The first-order chi connectivity index (χ1) is 8.28. The van der Waals surface area contributed by atoms with Crippen LogP contribution in [0.25, 0.3) is 0 Å². The molecule has 1 heterocycles. The molecule has 2 fully saturated rings. The van der Waals surface area contributed by atoms with E-state index in [4.69, 9.17) is 5.11 Å². The van der Waals surface area contributed by atoms with Crippen molar-refractivity contribution < 1.29 is 5.11 Å². The smallest absolute Gasteiger partial charge is 0.0682 e. The predicted molar refractivity (Wildman–Crippen MR) is 73.1 cm³/mol. The highest BCUT2D eigenvalue weighted by Crippen LogP contribution is 2.41. The molecule has 92 valence electrons. The number of aliphatic hydroxyl groups is 1. The maximum atomic E-state index is 9.12. The van der Waals surface area contributed by atoms with Gasteiger partial charge in [-0.05, 0) is 58.3 Å². The van der Waals surface area contributed by atoms with E-state index in [1.165, 1.54) is 38.0 Å². The fourth-order valence-corrected chi connectivity index (χ4v) is 4.01. The summed E-state index contributed by atoms with van der Waals surface area (Å²) >= 11 is 3.62. The molecule has 2 nitrogen and oxygen atoms in total. The molecule has 3 rings (SSSR count). The quantitative estimate of drug-likeness (QED) is 0.906. The number of hydrogen-bond acceptors (Lipinski definition) is 2. The van der Waals surface area contributed by atoms with Crippen molar-refractivity contribution in [2.24, 2.45) is 11.8 Å². The Bertz CT molecular complexity index is 409. The van der Waals surface area contributed by atoms with E-state index in [9.17, 15) is 0 Å². The first kappa shape index (κ1) is 11.5. The van der Waals surface area contributed by atoms with Crippen LogP contribution in [0.15, 0.2) is 22.7 Å². The summed E-state index contributed by atoms with van der Waals surface area (Å²) in [6.07, 6.45) is 4.24. The Balaban J connectivity index is 1.81. The molecule has 2 atom stereocenters. The molecule has 1 aliphatic heterocycles. The molecule has 17 heavy (non-hydrogen) atoms. The number of rotatable bonds is 2. The minimum absolute atomic E-state index is 0.115. The van der Waals surface area contributed by atoms with E-state index in [1.54, 1.807) is 0 Å². The van der Waals surface area contributed by atoms with Crippen LogP contribution in [0.2, 0.25) is 0 Å². The lowest BCUT2D eigenvalue weighted by Gasteiger charge is -2.21. The molecule has 0 aromatic heterocycles. The summed E-state index contributed by atoms with van der Waals surface area (Å²) in [4.78, 5) is 2.50. The Kier molecular flexibility index (Phi) is 3.14. The van der Waals surface area contributed by atoms with Gasteiger partial charge in [0.05, 0.1) is 12.3 Å². The fourth-order valence-electron chi connectivity index (χ4n) is 3.34. The van der Waals surface area contributed by atoms with Crippen molar-refractivity contribution in [3.63, 3.8) is 0 Å². The van der Waals surface area contributed by atoms with Gasteiger partial charge in [-0.15, -0.1) is 0 Å². The van der Waals surface area contributed by atoms with Crippen molar-refractivity contribution in [2.75, 3.05) is 18.0 Å². The number of halogens is 1. The molecule has 0 bridgehead atoms. The average molecular weight is 296 g/mol. The highest BCUT2D eigenvalue weighted by atomic mass is 79.9. The molecule has 1 aromatic carbocycles. The monoisotopic (exact) mass is 295 g/mol. The predicted octanol–water partition coefficient (Wildman–Crippen LogP) is 3.18. The van der Waals surface area contributed by atoms with E-state index in [2.05, 4.69) is 26.9 Å². The average Bonchev–Trinajstić information content (AvgIpc) is 2.89. The van der Waals surface area contributed by atoms with Gasteiger partial charge in [-0.1, -0.05) is 12.5 Å². The van der Waals surface area contributed by atoms with E-state index in [1.807, 2.05) is 12.1 Å². The lowest BCUT2D eigenvalue weighted by atomic mass is 10.0. The Morgan fingerprint density at radius 3 is 2.53 bits per heavy atom. The summed E-state index contributed by atoms with van der Waals surface area (Å²) in [5.74, 6) is 1.83. The second-order valence-electron chi connectivity index (χ2n) is 5.30. The zero-order valence-corrected chi connectivity index (χ0v) is 11.5. The van der Waals surface area contributed by atoms with Gasteiger partial charge in [0, 0.05) is 17.6 Å². The van der Waals surface area contributed by atoms with E-state index in [-0.39, 0.29) is 6.61 Å². The lowest BCUT2D eigenvalue weighted by molar-refractivity contribution is 0.282. The third-order valence-corrected chi connectivity index (χ3v) is 4.90. The van der Waals surface area contributed by atoms with E-state index < -0.39 is 0 Å². The highest BCUT2D eigenvalue weighted by Gasteiger charge is 2.36. The highest BCUT2D eigenvalue weighted by molar-refractivity contribution is 9.10. The third-order valence-electron chi connectivity index (χ3n) is 4.26. The summed E-state index contributed by atoms with van der Waals surface area (Å²) in [7, 11) is 0. The summed E-state index contributed by atoms with van der Waals surface area (Å²) in [5, 5.41) is 9.12. The second kappa shape index (κ2) is 4.62. The Labute approximate surface area is 111 Å². The molecular weight excluding hydrogens is 278 g/mol. The maximum Gasteiger partial charge on any atom is 0.0682 e. The Hall–Kier alpha value is -0.540. The van der Waals surface area contributed by atoms with Crippen molar-refractivity contribution in [3.8, 4) is 0 Å². The Morgan fingerprint density at radius 1 is 1.24 bits per heavy atom. The molecule has 0 amide bonds. The lowest BCUT2D eigenvalue weighted by Crippen LogP contribution is -2.21. The van der Waals surface area contributed by atoms with Gasteiger partial charge >= 0.3 is 0 Å². The van der Waals surface area contributed by atoms with Crippen LogP contribution >= 0.6 is 15.9 Å². The van der Waals surface area contributed by atoms with Crippen molar-refractivity contribution >= 4 is 21.6 Å². The largest absolute Gasteiger partial charge is 0.392 e. The minimum atomic E-state index is 0.115. The molecule has 1 saturated carbocycles.